The van der Waals surface area contributed by atoms with Gasteiger partial charge in [0.15, 0.2) is 11.5 Å². The standard InChI is InChI=1S/C23H27N3O2/c1-17-5-7-20-19(16-26-21(20)13-17)9-11-25-15-18-6-8-22(27-2)23(14-18)28-12-4-3-10-24/h5-8,13-14,16,25-26H,3-4,9,11-12,15H2,1-2H3. The molecule has 0 aliphatic heterocycles. The second kappa shape index (κ2) is 9.82. The quantitative estimate of drug-likeness (QED) is 0.510. The predicted molar refractivity (Wildman–Crippen MR) is 112 cm³/mol. The number of aryl methyl sites for hydroxylation is 1. The van der Waals surface area contributed by atoms with Gasteiger partial charge in [-0.1, -0.05) is 18.2 Å². The lowest BCUT2D eigenvalue weighted by Gasteiger charge is -2.12. The van der Waals surface area contributed by atoms with Gasteiger partial charge in [-0.2, -0.15) is 5.26 Å². The summed E-state index contributed by atoms with van der Waals surface area (Å²) < 4.78 is 11.2. The predicted octanol–water partition coefficient (Wildman–Crippen LogP) is 4.50. The van der Waals surface area contributed by atoms with E-state index < -0.39 is 0 Å². The van der Waals surface area contributed by atoms with Crippen molar-refractivity contribution in [2.24, 2.45) is 0 Å². The summed E-state index contributed by atoms with van der Waals surface area (Å²) in [5.41, 5.74) is 4.94. The van der Waals surface area contributed by atoms with Crippen LogP contribution in [-0.4, -0.2) is 25.2 Å². The van der Waals surface area contributed by atoms with Gasteiger partial charge in [-0.3, -0.25) is 0 Å². The van der Waals surface area contributed by atoms with Crippen LogP contribution in [0, 0.1) is 18.3 Å². The number of methoxy groups -OCH3 is 1. The molecule has 1 aromatic heterocycles. The maximum absolute atomic E-state index is 8.63. The van der Waals surface area contributed by atoms with Crippen molar-refractivity contribution in [1.82, 2.24) is 10.3 Å². The summed E-state index contributed by atoms with van der Waals surface area (Å²) in [4.78, 5) is 3.36. The number of nitrogens with zero attached hydrogens (tertiary/aromatic N) is 1. The minimum absolute atomic E-state index is 0.497. The van der Waals surface area contributed by atoms with E-state index in [0.29, 0.717) is 19.4 Å². The van der Waals surface area contributed by atoms with E-state index in [9.17, 15) is 0 Å². The van der Waals surface area contributed by atoms with Crippen molar-refractivity contribution in [3.63, 3.8) is 0 Å². The number of ether oxygens (including phenoxy) is 2. The number of fused-ring (bicyclic) bond motifs is 1. The zero-order valence-corrected chi connectivity index (χ0v) is 16.5. The van der Waals surface area contributed by atoms with Crippen LogP contribution in [0.4, 0.5) is 0 Å². The molecule has 28 heavy (non-hydrogen) atoms. The van der Waals surface area contributed by atoms with Crippen LogP contribution in [0.15, 0.2) is 42.6 Å². The van der Waals surface area contributed by atoms with Gasteiger partial charge < -0.3 is 19.8 Å². The number of aromatic amines is 1. The summed E-state index contributed by atoms with van der Waals surface area (Å²) in [5, 5.41) is 13.4. The Kier molecular flexibility index (Phi) is 6.94. The van der Waals surface area contributed by atoms with Gasteiger partial charge in [0.2, 0.25) is 0 Å². The van der Waals surface area contributed by atoms with Gasteiger partial charge in [0, 0.05) is 30.1 Å². The molecule has 0 radical (unpaired) electrons. The first-order chi connectivity index (χ1) is 13.7. The van der Waals surface area contributed by atoms with E-state index in [1.165, 1.54) is 22.0 Å². The number of nitriles is 1. The van der Waals surface area contributed by atoms with Crippen molar-refractivity contribution in [2.75, 3.05) is 20.3 Å². The molecule has 0 saturated carbocycles. The molecule has 5 heteroatoms. The average Bonchev–Trinajstić information content (AvgIpc) is 3.10. The molecule has 146 valence electrons. The highest BCUT2D eigenvalue weighted by atomic mass is 16.5. The van der Waals surface area contributed by atoms with E-state index in [0.717, 1.165) is 36.6 Å². The molecule has 0 bridgehead atoms. The third-order valence-electron chi connectivity index (χ3n) is 4.74. The number of unbranched alkanes of at least 4 members (excludes halogenated alkanes) is 1. The Labute approximate surface area is 166 Å². The van der Waals surface area contributed by atoms with Gasteiger partial charge in [0.1, 0.15) is 0 Å². The number of nitrogens with one attached hydrogen (secondary N) is 2. The van der Waals surface area contributed by atoms with E-state index >= 15 is 0 Å². The van der Waals surface area contributed by atoms with Crippen LogP contribution in [0.3, 0.4) is 0 Å². The van der Waals surface area contributed by atoms with E-state index in [4.69, 9.17) is 14.7 Å². The van der Waals surface area contributed by atoms with Crippen LogP contribution >= 0.6 is 0 Å². The fourth-order valence-corrected chi connectivity index (χ4v) is 3.24. The lowest BCUT2D eigenvalue weighted by atomic mass is 10.1. The molecule has 0 aliphatic rings. The maximum atomic E-state index is 8.63. The fourth-order valence-electron chi connectivity index (χ4n) is 3.24. The third kappa shape index (κ3) is 5.05. The van der Waals surface area contributed by atoms with Gasteiger partial charge in [0.05, 0.1) is 19.8 Å². The molecule has 0 saturated heterocycles. The summed E-state index contributed by atoms with van der Waals surface area (Å²) in [6.45, 7) is 4.28. The lowest BCUT2D eigenvalue weighted by molar-refractivity contribution is 0.290. The van der Waals surface area contributed by atoms with Crippen LogP contribution in [0.2, 0.25) is 0 Å². The summed E-state index contributed by atoms with van der Waals surface area (Å²) >= 11 is 0. The van der Waals surface area contributed by atoms with Gasteiger partial charge in [-0.25, -0.2) is 0 Å². The second-order valence-corrected chi connectivity index (χ2v) is 6.89. The molecule has 0 unspecified atom stereocenters. The number of hydrogen-bond donors (Lipinski definition) is 2. The molecule has 3 rings (SSSR count). The Hall–Kier alpha value is -2.97. The number of hydrogen-bond acceptors (Lipinski definition) is 4. The molecule has 0 spiro atoms. The number of H-pyrrole nitrogens is 1. The molecule has 0 amide bonds. The molecule has 2 N–H and O–H groups in total. The summed E-state index contributed by atoms with van der Waals surface area (Å²) in [7, 11) is 1.64. The second-order valence-electron chi connectivity index (χ2n) is 6.89. The van der Waals surface area contributed by atoms with Gasteiger partial charge in [0.25, 0.3) is 0 Å². The van der Waals surface area contributed by atoms with Crippen LogP contribution in [0.1, 0.15) is 29.5 Å². The Morgan fingerprint density at radius 3 is 2.86 bits per heavy atom. The smallest absolute Gasteiger partial charge is 0.161 e. The average molecular weight is 377 g/mol. The molecule has 3 aromatic rings. The SMILES string of the molecule is COc1ccc(CNCCc2c[nH]c3cc(C)ccc23)cc1OCCCC#N. The van der Waals surface area contributed by atoms with Gasteiger partial charge in [-0.15, -0.1) is 0 Å². The topological polar surface area (TPSA) is 70.1 Å². The van der Waals surface area contributed by atoms with E-state index in [2.05, 4.69) is 47.7 Å². The molecule has 0 fully saturated rings. The Bertz CT molecular complexity index is 956. The number of benzene rings is 2. The van der Waals surface area contributed by atoms with Crippen LogP contribution in [-0.2, 0) is 13.0 Å². The largest absolute Gasteiger partial charge is 0.493 e. The number of rotatable bonds is 10. The number of aromatic nitrogens is 1. The Morgan fingerprint density at radius 1 is 1.14 bits per heavy atom. The molecule has 1 heterocycles. The first-order valence-corrected chi connectivity index (χ1v) is 9.65. The van der Waals surface area contributed by atoms with Crippen molar-refractivity contribution < 1.29 is 9.47 Å². The highest BCUT2D eigenvalue weighted by molar-refractivity contribution is 5.83. The molecule has 0 atom stereocenters. The normalized spacial score (nSPS) is 10.8. The summed E-state index contributed by atoms with van der Waals surface area (Å²) in [5.74, 6) is 1.45. The fraction of sp³-hybridized carbons (Fsp3) is 0.348. The molecular formula is C23H27N3O2. The first kappa shape index (κ1) is 19.8. The van der Waals surface area contributed by atoms with E-state index in [-0.39, 0.29) is 0 Å². The maximum Gasteiger partial charge on any atom is 0.161 e. The van der Waals surface area contributed by atoms with Crippen molar-refractivity contribution in [3.05, 3.63) is 59.3 Å². The van der Waals surface area contributed by atoms with Crippen molar-refractivity contribution in [2.45, 2.75) is 32.7 Å². The van der Waals surface area contributed by atoms with Crippen LogP contribution < -0.4 is 14.8 Å². The van der Waals surface area contributed by atoms with Gasteiger partial charge >= 0.3 is 0 Å². The van der Waals surface area contributed by atoms with Crippen molar-refractivity contribution in [3.8, 4) is 17.6 Å². The Balaban J connectivity index is 1.53. The highest BCUT2D eigenvalue weighted by Gasteiger charge is 2.07. The molecule has 5 nitrogen and oxygen atoms in total. The molecule has 0 aliphatic carbocycles. The van der Waals surface area contributed by atoms with E-state index in [1.54, 1.807) is 7.11 Å². The van der Waals surface area contributed by atoms with Crippen molar-refractivity contribution in [1.29, 1.82) is 5.26 Å². The highest BCUT2D eigenvalue weighted by Crippen LogP contribution is 2.28. The summed E-state index contributed by atoms with van der Waals surface area (Å²) in [6.07, 6.45) is 4.28. The zero-order chi connectivity index (χ0) is 19.8. The Morgan fingerprint density at radius 2 is 2.04 bits per heavy atom. The lowest BCUT2D eigenvalue weighted by Crippen LogP contribution is -2.16. The molecular weight excluding hydrogens is 350 g/mol. The zero-order valence-electron chi connectivity index (χ0n) is 16.5. The first-order valence-electron chi connectivity index (χ1n) is 9.65. The van der Waals surface area contributed by atoms with Crippen LogP contribution in [0.5, 0.6) is 11.5 Å². The van der Waals surface area contributed by atoms with Crippen LogP contribution in [0.25, 0.3) is 10.9 Å². The minimum Gasteiger partial charge on any atom is -0.493 e. The van der Waals surface area contributed by atoms with Gasteiger partial charge in [-0.05, 0) is 61.2 Å². The molecule has 2 aromatic carbocycles. The monoisotopic (exact) mass is 377 g/mol. The third-order valence-corrected chi connectivity index (χ3v) is 4.74. The minimum atomic E-state index is 0.497. The van der Waals surface area contributed by atoms with E-state index in [1.807, 2.05) is 18.2 Å². The van der Waals surface area contributed by atoms with Crippen molar-refractivity contribution >= 4 is 10.9 Å². The summed E-state index contributed by atoms with van der Waals surface area (Å²) in [6, 6.07) is 14.6.